The number of rotatable bonds is 7. The highest BCUT2D eigenvalue weighted by Gasteiger charge is 2.21. The van der Waals surface area contributed by atoms with Gasteiger partial charge in [0, 0.05) is 41.9 Å². The minimum atomic E-state index is -0.805. The first-order valence-corrected chi connectivity index (χ1v) is 10.2. The first-order valence-electron chi connectivity index (χ1n) is 10.2. The molecule has 0 atom stereocenters. The lowest BCUT2D eigenvalue weighted by molar-refractivity contribution is 0.0472. The van der Waals surface area contributed by atoms with Gasteiger partial charge in [-0.25, -0.2) is 9.78 Å². The topological polar surface area (TPSA) is 83.2 Å². The van der Waals surface area contributed by atoms with Crippen LogP contribution in [0.3, 0.4) is 0 Å². The summed E-state index contributed by atoms with van der Waals surface area (Å²) >= 11 is 0. The van der Waals surface area contributed by atoms with Crippen LogP contribution in [0.4, 0.5) is 0 Å². The molecule has 0 fully saturated rings. The van der Waals surface area contributed by atoms with Crippen LogP contribution in [0.2, 0.25) is 0 Å². The van der Waals surface area contributed by atoms with Gasteiger partial charge in [0.25, 0.3) is 0 Å². The Morgan fingerprint density at radius 2 is 1.83 bits per heavy atom. The molecule has 0 spiro atoms. The second-order valence-electron chi connectivity index (χ2n) is 7.42. The van der Waals surface area contributed by atoms with Gasteiger partial charge in [-0.1, -0.05) is 6.92 Å². The molecule has 0 amide bonds. The summed E-state index contributed by atoms with van der Waals surface area (Å²) in [7, 11) is 0. The minimum absolute atomic E-state index is 0.0979. The number of fused-ring (bicyclic) bond motifs is 1. The summed E-state index contributed by atoms with van der Waals surface area (Å²) in [5, 5.41) is 0.353. The SMILES string of the molecule is CCCn1c(C)cc(C(=O)COC(=O)c2cn(CC)c3nc(C)ccc3c2=O)c1C. The van der Waals surface area contributed by atoms with Gasteiger partial charge in [-0.2, -0.15) is 0 Å². The largest absolute Gasteiger partial charge is 0.454 e. The molecule has 0 aliphatic heterocycles. The van der Waals surface area contributed by atoms with Gasteiger partial charge in [-0.3, -0.25) is 9.59 Å². The maximum absolute atomic E-state index is 12.8. The van der Waals surface area contributed by atoms with Crippen LogP contribution in [0.5, 0.6) is 0 Å². The number of aromatic nitrogens is 3. The van der Waals surface area contributed by atoms with E-state index in [0.29, 0.717) is 23.1 Å². The van der Waals surface area contributed by atoms with Crippen molar-refractivity contribution in [1.82, 2.24) is 14.1 Å². The van der Waals surface area contributed by atoms with Gasteiger partial charge in [0.1, 0.15) is 11.2 Å². The van der Waals surface area contributed by atoms with Gasteiger partial charge in [-0.15, -0.1) is 0 Å². The highest BCUT2D eigenvalue weighted by molar-refractivity contribution is 6.01. The van der Waals surface area contributed by atoms with Gasteiger partial charge in [0.05, 0.1) is 5.39 Å². The highest BCUT2D eigenvalue weighted by Crippen LogP contribution is 2.17. The third-order valence-corrected chi connectivity index (χ3v) is 5.28. The van der Waals surface area contributed by atoms with Crippen LogP contribution >= 0.6 is 0 Å². The van der Waals surface area contributed by atoms with Gasteiger partial charge < -0.3 is 13.9 Å². The minimum Gasteiger partial charge on any atom is -0.454 e. The standard InChI is InChI=1S/C23H27N3O4/c1-6-10-26-15(4)11-18(16(26)5)20(27)13-30-23(29)19-12-25(7-2)22-17(21(19)28)9-8-14(3)24-22/h8-9,11-12H,6-7,10,13H2,1-5H3. The molecule has 0 aliphatic carbocycles. The second kappa shape index (κ2) is 8.65. The summed E-state index contributed by atoms with van der Waals surface area (Å²) in [6.45, 7) is 10.6. The maximum atomic E-state index is 12.8. The van der Waals surface area contributed by atoms with Crippen LogP contribution in [0, 0.1) is 20.8 Å². The van der Waals surface area contributed by atoms with Crippen molar-refractivity contribution in [2.45, 2.75) is 54.1 Å². The zero-order chi connectivity index (χ0) is 22.0. The summed E-state index contributed by atoms with van der Waals surface area (Å²) in [6.07, 6.45) is 2.41. The van der Waals surface area contributed by atoms with Gasteiger partial charge in [0.2, 0.25) is 11.2 Å². The molecule has 0 N–H and O–H groups in total. The van der Waals surface area contributed by atoms with E-state index in [4.69, 9.17) is 4.74 Å². The van der Waals surface area contributed by atoms with E-state index in [1.165, 1.54) is 6.20 Å². The van der Waals surface area contributed by atoms with E-state index in [1.807, 2.05) is 33.8 Å². The Morgan fingerprint density at radius 3 is 2.50 bits per heavy atom. The molecule has 3 aromatic heterocycles. The number of pyridine rings is 2. The number of nitrogens with zero attached hydrogens (tertiary/aromatic N) is 3. The van der Waals surface area contributed by atoms with Gasteiger partial charge >= 0.3 is 5.97 Å². The number of esters is 1. The van der Waals surface area contributed by atoms with E-state index in [2.05, 4.69) is 16.5 Å². The Bertz CT molecular complexity index is 1190. The fraction of sp³-hybridized carbons (Fsp3) is 0.391. The molecule has 0 radical (unpaired) electrons. The average Bonchev–Trinajstić information content (AvgIpc) is 3.00. The lowest BCUT2D eigenvalue weighted by atomic mass is 10.1. The van der Waals surface area contributed by atoms with Crippen LogP contribution in [-0.2, 0) is 17.8 Å². The number of ketones is 1. The van der Waals surface area contributed by atoms with E-state index >= 15 is 0 Å². The first kappa shape index (κ1) is 21.5. The van der Waals surface area contributed by atoms with Crippen molar-refractivity contribution in [3.05, 3.63) is 62.8 Å². The van der Waals surface area contributed by atoms with Crippen LogP contribution in [0.1, 0.15) is 58.1 Å². The van der Waals surface area contributed by atoms with Crippen molar-refractivity contribution in [1.29, 1.82) is 0 Å². The number of ether oxygens (including phenoxy) is 1. The van der Waals surface area contributed by atoms with Crippen molar-refractivity contribution in [2.75, 3.05) is 6.61 Å². The third-order valence-electron chi connectivity index (χ3n) is 5.28. The van der Waals surface area contributed by atoms with E-state index in [-0.39, 0.29) is 11.3 Å². The molecule has 0 bridgehead atoms. The molecule has 3 heterocycles. The summed E-state index contributed by atoms with van der Waals surface area (Å²) in [5.74, 6) is -1.09. The third kappa shape index (κ3) is 3.92. The second-order valence-corrected chi connectivity index (χ2v) is 7.42. The lowest BCUT2D eigenvalue weighted by Crippen LogP contribution is -2.23. The number of hydrogen-bond donors (Lipinski definition) is 0. The normalized spacial score (nSPS) is 11.1. The van der Waals surface area contributed by atoms with Crippen molar-refractivity contribution in [3.8, 4) is 0 Å². The summed E-state index contributed by atoms with van der Waals surface area (Å²) in [6, 6.07) is 5.21. The average molecular weight is 409 g/mol. The molecule has 0 unspecified atom stereocenters. The highest BCUT2D eigenvalue weighted by atomic mass is 16.5. The summed E-state index contributed by atoms with van der Waals surface area (Å²) in [5.41, 5.74) is 3.16. The Labute approximate surface area is 175 Å². The number of carbonyl (C=O) groups is 2. The molecule has 7 nitrogen and oxygen atoms in total. The van der Waals surface area contributed by atoms with E-state index < -0.39 is 18.0 Å². The number of aryl methyl sites for hydroxylation is 3. The predicted molar refractivity (Wildman–Crippen MR) is 115 cm³/mol. The lowest BCUT2D eigenvalue weighted by Gasteiger charge is -2.11. The smallest absolute Gasteiger partial charge is 0.344 e. The van der Waals surface area contributed by atoms with Crippen LogP contribution in [0.25, 0.3) is 11.0 Å². The van der Waals surface area contributed by atoms with E-state index in [0.717, 1.165) is 30.0 Å². The predicted octanol–water partition coefficient (Wildman–Crippen LogP) is 3.59. The van der Waals surface area contributed by atoms with Crippen molar-refractivity contribution in [3.63, 3.8) is 0 Å². The fourth-order valence-electron chi connectivity index (χ4n) is 3.68. The molecule has 3 aromatic rings. The molecule has 158 valence electrons. The first-order chi connectivity index (χ1) is 14.3. The molecule has 7 heteroatoms. The molecular formula is C23H27N3O4. The van der Waals surface area contributed by atoms with Crippen LogP contribution in [-0.4, -0.2) is 32.5 Å². The van der Waals surface area contributed by atoms with E-state index in [1.54, 1.807) is 16.7 Å². The Kier molecular flexibility index (Phi) is 6.20. The molecule has 0 saturated heterocycles. The molecular weight excluding hydrogens is 382 g/mol. The quantitative estimate of drug-likeness (QED) is 0.440. The fourth-order valence-corrected chi connectivity index (χ4v) is 3.68. The van der Waals surface area contributed by atoms with Gasteiger partial charge in [0.15, 0.2) is 6.61 Å². The van der Waals surface area contributed by atoms with Crippen molar-refractivity contribution in [2.24, 2.45) is 0 Å². The van der Waals surface area contributed by atoms with Crippen LogP contribution < -0.4 is 5.43 Å². The number of Topliss-reactive ketones (excluding diaryl/α,β-unsaturated/α-hetero) is 1. The van der Waals surface area contributed by atoms with Crippen molar-refractivity contribution >= 4 is 22.8 Å². The summed E-state index contributed by atoms with van der Waals surface area (Å²) < 4.78 is 9.04. The molecule has 3 rings (SSSR count). The van der Waals surface area contributed by atoms with Crippen molar-refractivity contribution < 1.29 is 14.3 Å². The number of carbonyl (C=O) groups excluding carboxylic acids is 2. The Balaban J connectivity index is 1.85. The van der Waals surface area contributed by atoms with Gasteiger partial charge in [-0.05, 0) is 52.3 Å². The molecule has 0 aromatic carbocycles. The number of hydrogen-bond acceptors (Lipinski definition) is 5. The van der Waals surface area contributed by atoms with Crippen LogP contribution in [0.15, 0.2) is 29.2 Å². The Morgan fingerprint density at radius 1 is 1.10 bits per heavy atom. The molecule has 0 aliphatic rings. The zero-order valence-corrected chi connectivity index (χ0v) is 18.1. The maximum Gasteiger partial charge on any atom is 0.344 e. The molecule has 0 saturated carbocycles. The van der Waals surface area contributed by atoms with E-state index in [9.17, 15) is 14.4 Å². The summed E-state index contributed by atoms with van der Waals surface area (Å²) in [4.78, 5) is 42.5. The Hall–Kier alpha value is -3.22. The monoisotopic (exact) mass is 409 g/mol. The molecule has 30 heavy (non-hydrogen) atoms. The zero-order valence-electron chi connectivity index (χ0n) is 18.1.